The number of nitrogen functional groups attached to an aromatic ring is 1. The van der Waals surface area contributed by atoms with E-state index in [0.29, 0.717) is 30.0 Å². The number of nitrogens with two attached hydrogens (primary N) is 1. The van der Waals surface area contributed by atoms with E-state index in [2.05, 4.69) is 24.7 Å². The van der Waals surface area contributed by atoms with Crippen molar-refractivity contribution >= 4 is 13.6 Å². The van der Waals surface area contributed by atoms with Crippen molar-refractivity contribution in [3.05, 3.63) is 72.3 Å². The average molecular weight is 473 g/mol. The topological polar surface area (TPSA) is 178 Å². The summed E-state index contributed by atoms with van der Waals surface area (Å²) in [4.78, 5) is 27.8. The van der Waals surface area contributed by atoms with Gasteiger partial charge in [0.15, 0.2) is 12.5 Å². The van der Waals surface area contributed by atoms with E-state index in [1.807, 2.05) is 12.1 Å². The highest BCUT2D eigenvalue weighted by Crippen LogP contribution is 2.30. The van der Waals surface area contributed by atoms with E-state index in [0.717, 1.165) is 11.3 Å². The number of hydrogen-bond acceptors (Lipinski definition) is 10. The Balaban J connectivity index is 1.37. The highest BCUT2D eigenvalue weighted by molar-refractivity contribution is 7.44. The molecule has 1 unspecified atom stereocenters. The molecule has 0 saturated carbocycles. The van der Waals surface area contributed by atoms with Crippen LogP contribution in [0.5, 0.6) is 0 Å². The summed E-state index contributed by atoms with van der Waals surface area (Å²) in [6.07, 6.45) is 6.74. The van der Waals surface area contributed by atoms with Crippen LogP contribution in [0.4, 0.5) is 5.82 Å². The van der Waals surface area contributed by atoms with Crippen LogP contribution in [0.2, 0.25) is 0 Å². The molecule has 4 aromatic heterocycles. The van der Waals surface area contributed by atoms with Crippen LogP contribution in [0.25, 0.3) is 11.3 Å². The molecule has 14 heteroatoms. The first-order valence-electron chi connectivity index (χ1n) is 9.63. The van der Waals surface area contributed by atoms with E-state index in [1.54, 1.807) is 35.4 Å². The predicted octanol–water partition coefficient (Wildman–Crippen LogP) is 0.398. The molecule has 0 saturated heterocycles. The third-order valence-electron chi connectivity index (χ3n) is 4.51. The van der Waals surface area contributed by atoms with Crippen LogP contribution in [-0.2, 0) is 40.3 Å². The molecule has 13 nitrogen and oxygen atoms in total. The average Bonchev–Trinajstić information content (AvgIpc) is 3.46. The second kappa shape index (κ2) is 9.98. The molecular weight excluding hydrogens is 453 g/mol. The van der Waals surface area contributed by atoms with Gasteiger partial charge in [0.2, 0.25) is 0 Å². The Bertz CT molecular complexity index is 1240. The molecule has 172 valence electrons. The molecule has 4 rings (SSSR count). The van der Waals surface area contributed by atoms with Crippen molar-refractivity contribution < 1.29 is 32.7 Å². The Kier molecular flexibility index (Phi) is 6.87. The van der Waals surface area contributed by atoms with Gasteiger partial charge in [-0.1, -0.05) is 11.2 Å². The molecule has 0 spiro atoms. The molecule has 1 atom stereocenters. The van der Waals surface area contributed by atoms with Crippen molar-refractivity contribution in [1.82, 2.24) is 24.9 Å². The first kappa shape index (κ1) is 22.7. The number of pyridine rings is 2. The molecule has 3 N–H and O–H groups in total. The zero-order valence-electron chi connectivity index (χ0n) is 17.2. The predicted molar refractivity (Wildman–Crippen MR) is 109 cm³/mol. The van der Waals surface area contributed by atoms with E-state index in [4.69, 9.17) is 19.9 Å². The van der Waals surface area contributed by atoms with Gasteiger partial charge < -0.3 is 19.0 Å². The fourth-order valence-electron chi connectivity index (χ4n) is 2.94. The SMILES string of the molecule is Nc1c(-c2cc(Cc3ccc(COCn4cncn4)nc3)no2)ccc[n+]1COP(=O)([O-])O. The minimum atomic E-state index is -4.88. The van der Waals surface area contributed by atoms with Gasteiger partial charge in [0, 0.05) is 18.7 Å². The number of phosphoric ester groups is 1. The quantitative estimate of drug-likeness (QED) is 0.240. The third kappa shape index (κ3) is 6.28. The van der Waals surface area contributed by atoms with Crippen molar-refractivity contribution in [3.63, 3.8) is 0 Å². The Labute approximate surface area is 187 Å². The van der Waals surface area contributed by atoms with Crippen LogP contribution >= 0.6 is 7.82 Å². The molecule has 0 amide bonds. The van der Waals surface area contributed by atoms with Crippen molar-refractivity contribution in [2.45, 2.75) is 26.5 Å². The zero-order chi connectivity index (χ0) is 23.3. The van der Waals surface area contributed by atoms with Crippen molar-refractivity contribution in [3.8, 4) is 11.3 Å². The van der Waals surface area contributed by atoms with Crippen molar-refractivity contribution in [2.24, 2.45) is 0 Å². The monoisotopic (exact) mass is 473 g/mol. The molecule has 0 aliphatic heterocycles. The lowest BCUT2D eigenvalue weighted by atomic mass is 10.1. The van der Waals surface area contributed by atoms with Gasteiger partial charge in [0.25, 0.3) is 13.6 Å². The van der Waals surface area contributed by atoms with E-state index < -0.39 is 14.6 Å². The number of rotatable bonds is 10. The molecule has 0 fully saturated rings. The maximum atomic E-state index is 10.8. The van der Waals surface area contributed by atoms with Gasteiger partial charge in [0.05, 0.1) is 24.2 Å². The maximum Gasteiger partial charge on any atom is 0.285 e. The maximum absolute atomic E-state index is 10.8. The largest absolute Gasteiger partial charge is 0.756 e. The van der Waals surface area contributed by atoms with Crippen LogP contribution in [-0.4, -0.2) is 29.8 Å². The first-order chi connectivity index (χ1) is 15.9. The lowest BCUT2D eigenvalue weighted by molar-refractivity contribution is -0.712. The van der Waals surface area contributed by atoms with Gasteiger partial charge in [-0.05, 0) is 23.8 Å². The number of aromatic nitrogens is 6. The first-order valence-corrected chi connectivity index (χ1v) is 11.1. The van der Waals surface area contributed by atoms with E-state index in [-0.39, 0.29) is 12.5 Å². The Morgan fingerprint density at radius 2 is 2.18 bits per heavy atom. The van der Waals surface area contributed by atoms with Gasteiger partial charge >= 0.3 is 0 Å². The van der Waals surface area contributed by atoms with Gasteiger partial charge in [-0.25, -0.2) is 14.2 Å². The Morgan fingerprint density at radius 1 is 1.30 bits per heavy atom. The van der Waals surface area contributed by atoms with Gasteiger partial charge in [-0.3, -0.25) is 19.8 Å². The molecule has 0 aliphatic carbocycles. The van der Waals surface area contributed by atoms with Crippen LogP contribution in [0.3, 0.4) is 0 Å². The van der Waals surface area contributed by atoms with Gasteiger partial charge in [-0.15, -0.1) is 0 Å². The molecule has 0 aromatic carbocycles. The lowest BCUT2D eigenvalue weighted by Crippen LogP contribution is -2.38. The molecule has 0 radical (unpaired) electrons. The lowest BCUT2D eigenvalue weighted by Gasteiger charge is -2.14. The molecule has 33 heavy (non-hydrogen) atoms. The van der Waals surface area contributed by atoms with Gasteiger partial charge in [-0.2, -0.15) is 5.10 Å². The van der Waals surface area contributed by atoms with Crippen LogP contribution < -0.4 is 15.2 Å². The second-order valence-electron chi connectivity index (χ2n) is 6.93. The van der Waals surface area contributed by atoms with Crippen LogP contribution in [0, 0.1) is 0 Å². The van der Waals surface area contributed by atoms with Crippen LogP contribution in [0.15, 0.2) is 59.9 Å². The van der Waals surface area contributed by atoms with E-state index in [9.17, 15) is 9.46 Å². The van der Waals surface area contributed by atoms with E-state index >= 15 is 0 Å². The fraction of sp³-hybridized carbons (Fsp3) is 0.211. The second-order valence-corrected chi connectivity index (χ2v) is 8.13. The fourth-order valence-corrected chi connectivity index (χ4v) is 3.21. The molecule has 4 aromatic rings. The van der Waals surface area contributed by atoms with E-state index in [1.165, 1.54) is 17.1 Å². The molecule has 4 heterocycles. The van der Waals surface area contributed by atoms with Crippen molar-refractivity contribution in [1.29, 1.82) is 0 Å². The molecule has 0 bridgehead atoms. The normalized spacial score (nSPS) is 13.2. The van der Waals surface area contributed by atoms with Crippen LogP contribution in [0.1, 0.15) is 17.0 Å². The highest BCUT2D eigenvalue weighted by Gasteiger charge is 2.18. The van der Waals surface area contributed by atoms with Crippen molar-refractivity contribution in [2.75, 3.05) is 5.73 Å². The van der Waals surface area contributed by atoms with Gasteiger partial charge in [0.1, 0.15) is 24.9 Å². The summed E-state index contributed by atoms with van der Waals surface area (Å²) in [5, 5.41) is 8.03. The smallest absolute Gasteiger partial charge is 0.285 e. The standard InChI is InChI=1S/C19H20N7O6P/c20-19-17(2-1-5-25(19)12-31-33(27,28)29)18-7-16(24-32-18)6-14-3-4-15(22-8-14)9-30-13-26-11-21-10-23-26/h1-5,7-8,10-11,20H,6,9,12-13H2,(H2,27,28,29). The molecule has 0 aliphatic rings. The number of ether oxygens (including phenoxy) is 1. The summed E-state index contributed by atoms with van der Waals surface area (Å²) in [6.45, 7) is 0.151. The number of phosphoric acid groups is 1. The third-order valence-corrected chi connectivity index (χ3v) is 4.95. The summed E-state index contributed by atoms with van der Waals surface area (Å²) in [7, 11) is -4.88. The highest BCUT2D eigenvalue weighted by atomic mass is 31.2. The summed E-state index contributed by atoms with van der Waals surface area (Å²) in [5.74, 6) is 0.586. The molecular formula is C19H20N7O6P. The minimum Gasteiger partial charge on any atom is -0.756 e. The number of hydrogen-bond donors (Lipinski definition) is 2. The number of nitrogens with zero attached hydrogens (tertiary/aromatic N) is 6. The summed E-state index contributed by atoms with van der Waals surface area (Å²) in [5.41, 5.74) is 8.94. The Hall–Kier alpha value is -3.48. The zero-order valence-corrected chi connectivity index (χ0v) is 18.1. The summed E-state index contributed by atoms with van der Waals surface area (Å²) >= 11 is 0. The minimum absolute atomic E-state index is 0.186. The number of anilines is 1. The summed E-state index contributed by atoms with van der Waals surface area (Å²) in [6, 6.07) is 8.86. The summed E-state index contributed by atoms with van der Waals surface area (Å²) < 4.78 is 29.0. The Morgan fingerprint density at radius 3 is 2.91 bits per heavy atom.